The molecule has 0 saturated carbocycles. The summed E-state index contributed by atoms with van der Waals surface area (Å²) in [6.45, 7) is 5.48. The van der Waals surface area contributed by atoms with E-state index >= 15 is 0 Å². The third-order valence-electron chi connectivity index (χ3n) is 2.90. The third kappa shape index (κ3) is 4.42. The molecule has 0 aromatic heterocycles. The molecule has 0 spiro atoms. The number of nitrogens with zero attached hydrogens (tertiary/aromatic N) is 1. The molecule has 0 radical (unpaired) electrons. The van der Waals surface area contributed by atoms with E-state index in [1.54, 1.807) is 28.1 Å². The summed E-state index contributed by atoms with van der Waals surface area (Å²) in [7, 11) is 5.01. The van der Waals surface area contributed by atoms with Crippen LogP contribution in [0.5, 0.6) is 11.5 Å². The molecular weight excluding hydrogens is 256 g/mol. The molecule has 20 heavy (non-hydrogen) atoms. The Kier molecular flexibility index (Phi) is 6.31. The van der Waals surface area contributed by atoms with Crippen LogP contribution in [0.3, 0.4) is 0 Å². The second kappa shape index (κ2) is 7.75. The van der Waals surface area contributed by atoms with Crippen molar-refractivity contribution < 1.29 is 14.3 Å². The van der Waals surface area contributed by atoms with Gasteiger partial charge in [0.15, 0.2) is 17.6 Å². The van der Waals surface area contributed by atoms with E-state index in [9.17, 15) is 4.79 Å². The number of amides is 1. The first kappa shape index (κ1) is 16.3. The minimum atomic E-state index is -0.543. The lowest BCUT2D eigenvalue weighted by atomic mass is 10.2. The average Bonchev–Trinajstić information content (AvgIpc) is 2.44. The Labute approximate surface area is 120 Å². The summed E-state index contributed by atoms with van der Waals surface area (Å²) >= 11 is 0. The van der Waals surface area contributed by atoms with Gasteiger partial charge in [0.25, 0.3) is 5.91 Å². The first-order chi connectivity index (χ1) is 9.49. The van der Waals surface area contributed by atoms with E-state index in [0.29, 0.717) is 11.5 Å². The molecule has 5 heteroatoms. The fraction of sp³-hybridized carbons (Fsp3) is 0.533. The fourth-order valence-corrected chi connectivity index (χ4v) is 1.79. The van der Waals surface area contributed by atoms with Crippen LogP contribution >= 0.6 is 0 Å². The van der Waals surface area contributed by atoms with E-state index in [1.165, 1.54) is 4.90 Å². The van der Waals surface area contributed by atoms with Crippen LogP contribution in [0.25, 0.3) is 0 Å². The zero-order valence-corrected chi connectivity index (χ0v) is 12.9. The van der Waals surface area contributed by atoms with Crippen LogP contribution in [0.2, 0.25) is 0 Å². The second-order valence-electron chi connectivity index (χ2n) is 4.76. The molecule has 1 rings (SSSR count). The molecule has 112 valence electrons. The van der Waals surface area contributed by atoms with Crippen molar-refractivity contribution in [3.63, 3.8) is 0 Å². The van der Waals surface area contributed by atoms with Crippen molar-refractivity contribution in [2.24, 2.45) is 0 Å². The Morgan fingerprint density at radius 3 is 2.60 bits per heavy atom. The summed E-state index contributed by atoms with van der Waals surface area (Å²) in [5.41, 5.74) is 1.11. The summed E-state index contributed by atoms with van der Waals surface area (Å²) in [4.78, 5) is 13.3. The van der Waals surface area contributed by atoms with E-state index in [0.717, 1.165) is 18.7 Å². The van der Waals surface area contributed by atoms with Crippen LogP contribution in [-0.2, 0) is 11.3 Å². The number of carbonyl (C=O) groups is 1. The van der Waals surface area contributed by atoms with Gasteiger partial charge in [-0.2, -0.15) is 0 Å². The van der Waals surface area contributed by atoms with Gasteiger partial charge in [-0.3, -0.25) is 4.79 Å². The number of hydrogen-bond donors (Lipinski definition) is 1. The summed E-state index contributed by atoms with van der Waals surface area (Å²) < 4.78 is 11.0. The van der Waals surface area contributed by atoms with Gasteiger partial charge >= 0.3 is 0 Å². The lowest BCUT2D eigenvalue weighted by Crippen LogP contribution is -2.35. The molecule has 1 aromatic rings. The van der Waals surface area contributed by atoms with Gasteiger partial charge in [-0.25, -0.2) is 0 Å². The van der Waals surface area contributed by atoms with Crippen molar-refractivity contribution in [3.8, 4) is 11.5 Å². The molecule has 0 aliphatic carbocycles. The molecule has 1 atom stereocenters. The first-order valence-electron chi connectivity index (χ1n) is 6.75. The predicted octanol–water partition coefficient (Wildman–Crippen LogP) is 1.66. The molecule has 1 unspecified atom stereocenters. The summed E-state index contributed by atoms with van der Waals surface area (Å²) in [5, 5.41) is 3.25. The molecule has 0 saturated heterocycles. The molecule has 0 aliphatic rings. The molecule has 0 aliphatic heterocycles. The highest BCUT2D eigenvalue weighted by molar-refractivity contribution is 5.80. The molecule has 0 fully saturated rings. The van der Waals surface area contributed by atoms with Gasteiger partial charge in [-0.05, 0) is 31.2 Å². The molecule has 1 N–H and O–H groups in total. The Morgan fingerprint density at radius 1 is 1.35 bits per heavy atom. The SMILES string of the molecule is CCNCc1ccc(OC(C)C(=O)N(C)C)c(OC)c1. The molecule has 0 heterocycles. The summed E-state index contributed by atoms with van der Waals surface area (Å²) in [6.07, 6.45) is -0.543. The summed E-state index contributed by atoms with van der Waals surface area (Å²) in [5.74, 6) is 1.14. The number of benzene rings is 1. The number of nitrogens with one attached hydrogen (secondary N) is 1. The minimum absolute atomic E-state index is 0.0798. The van der Waals surface area contributed by atoms with Gasteiger partial charge in [0.1, 0.15) is 0 Å². The Balaban J connectivity index is 2.82. The van der Waals surface area contributed by atoms with E-state index in [2.05, 4.69) is 12.2 Å². The Morgan fingerprint density at radius 2 is 2.05 bits per heavy atom. The number of ether oxygens (including phenoxy) is 2. The van der Waals surface area contributed by atoms with Crippen LogP contribution in [0, 0.1) is 0 Å². The minimum Gasteiger partial charge on any atom is -0.493 e. The summed E-state index contributed by atoms with van der Waals surface area (Å²) in [6, 6.07) is 5.73. The van der Waals surface area contributed by atoms with Gasteiger partial charge in [0, 0.05) is 20.6 Å². The Hall–Kier alpha value is -1.75. The van der Waals surface area contributed by atoms with Gasteiger partial charge in [0.2, 0.25) is 0 Å². The van der Waals surface area contributed by atoms with E-state index in [4.69, 9.17) is 9.47 Å². The number of methoxy groups -OCH3 is 1. The van der Waals surface area contributed by atoms with Gasteiger partial charge < -0.3 is 19.7 Å². The highest BCUT2D eigenvalue weighted by atomic mass is 16.5. The monoisotopic (exact) mass is 280 g/mol. The van der Waals surface area contributed by atoms with Crippen molar-refractivity contribution in [2.75, 3.05) is 27.7 Å². The van der Waals surface area contributed by atoms with Crippen molar-refractivity contribution in [2.45, 2.75) is 26.5 Å². The predicted molar refractivity (Wildman–Crippen MR) is 79.2 cm³/mol. The topological polar surface area (TPSA) is 50.8 Å². The van der Waals surface area contributed by atoms with Crippen molar-refractivity contribution in [3.05, 3.63) is 23.8 Å². The number of likely N-dealkylation sites (N-methyl/N-ethyl adjacent to an activating group) is 1. The lowest BCUT2D eigenvalue weighted by molar-refractivity contribution is -0.135. The van der Waals surface area contributed by atoms with Crippen molar-refractivity contribution >= 4 is 5.91 Å². The smallest absolute Gasteiger partial charge is 0.262 e. The highest BCUT2D eigenvalue weighted by Crippen LogP contribution is 2.29. The maximum absolute atomic E-state index is 11.8. The molecule has 1 aromatic carbocycles. The first-order valence-corrected chi connectivity index (χ1v) is 6.75. The standard InChI is InChI=1S/C15H24N2O3/c1-6-16-10-12-7-8-13(14(9-12)19-5)20-11(2)15(18)17(3)4/h7-9,11,16H,6,10H2,1-5H3. The maximum Gasteiger partial charge on any atom is 0.262 e. The quantitative estimate of drug-likeness (QED) is 0.825. The molecule has 5 nitrogen and oxygen atoms in total. The van der Waals surface area contributed by atoms with Crippen LogP contribution in [0.4, 0.5) is 0 Å². The zero-order chi connectivity index (χ0) is 15.1. The van der Waals surface area contributed by atoms with E-state index in [-0.39, 0.29) is 5.91 Å². The normalized spacial score (nSPS) is 11.8. The van der Waals surface area contributed by atoms with E-state index < -0.39 is 6.10 Å². The number of hydrogen-bond acceptors (Lipinski definition) is 4. The Bertz CT molecular complexity index is 447. The zero-order valence-electron chi connectivity index (χ0n) is 12.9. The van der Waals surface area contributed by atoms with Crippen molar-refractivity contribution in [1.82, 2.24) is 10.2 Å². The van der Waals surface area contributed by atoms with Crippen LogP contribution in [0.1, 0.15) is 19.4 Å². The van der Waals surface area contributed by atoms with Gasteiger partial charge in [0.05, 0.1) is 7.11 Å². The fourth-order valence-electron chi connectivity index (χ4n) is 1.79. The van der Waals surface area contributed by atoms with Crippen LogP contribution < -0.4 is 14.8 Å². The second-order valence-corrected chi connectivity index (χ2v) is 4.76. The highest BCUT2D eigenvalue weighted by Gasteiger charge is 2.18. The van der Waals surface area contributed by atoms with Gasteiger partial charge in [-0.15, -0.1) is 0 Å². The molecular formula is C15H24N2O3. The maximum atomic E-state index is 11.8. The van der Waals surface area contributed by atoms with E-state index in [1.807, 2.05) is 18.2 Å². The average molecular weight is 280 g/mol. The lowest BCUT2D eigenvalue weighted by Gasteiger charge is -2.20. The third-order valence-corrected chi connectivity index (χ3v) is 2.90. The number of rotatable bonds is 7. The molecule has 0 bridgehead atoms. The van der Waals surface area contributed by atoms with Crippen LogP contribution in [-0.4, -0.2) is 44.7 Å². The largest absolute Gasteiger partial charge is 0.493 e. The molecule has 1 amide bonds. The van der Waals surface area contributed by atoms with Crippen LogP contribution in [0.15, 0.2) is 18.2 Å². The van der Waals surface area contributed by atoms with Crippen molar-refractivity contribution in [1.29, 1.82) is 0 Å². The number of carbonyl (C=O) groups excluding carboxylic acids is 1. The van der Waals surface area contributed by atoms with Gasteiger partial charge in [-0.1, -0.05) is 13.0 Å².